The van der Waals surface area contributed by atoms with Gasteiger partial charge >= 0.3 is 0 Å². The molecule has 132 valence electrons. The van der Waals surface area contributed by atoms with Gasteiger partial charge in [0.25, 0.3) is 0 Å². The van der Waals surface area contributed by atoms with Crippen molar-refractivity contribution in [1.82, 2.24) is 19.8 Å². The molecule has 0 aliphatic carbocycles. The highest BCUT2D eigenvalue weighted by Crippen LogP contribution is 2.25. The maximum atomic E-state index is 5.02. The van der Waals surface area contributed by atoms with E-state index in [0.29, 0.717) is 0 Å². The third-order valence-corrected chi connectivity index (χ3v) is 4.76. The van der Waals surface area contributed by atoms with Crippen LogP contribution in [0.1, 0.15) is 30.1 Å². The van der Waals surface area contributed by atoms with Gasteiger partial charge in [-0.2, -0.15) is 0 Å². The first kappa shape index (κ1) is 17.4. The lowest BCUT2D eigenvalue weighted by Crippen LogP contribution is -2.28. The molecule has 3 rings (SSSR count). The minimum absolute atomic E-state index is 0.769. The maximum absolute atomic E-state index is 5.02. The van der Waals surface area contributed by atoms with Crippen LogP contribution in [0.5, 0.6) is 0 Å². The number of aliphatic imine (C=N–C) groups is 1. The highest BCUT2D eigenvalue weighted by molar-refractivity contribution is 5.95. The van der Waals surface area contributed by atoms with Crippen LogP contribution in [0.25, 0.3) is 5.57 Å². The SMILES string of the molecule is C=C/C=C(\N=C1/CC=C(C=C)c2nc(C)c(C)n21)N1CCCNCC1. The first-order chi connectivity index (χ1) is 12.2. The molecule has 2 aliphatic heterocycles. The van der Waals surface area contributed by atoms with Crippen LogP contribution in [-0.4, -0.2) is 46.5 Å². The minimum atomic E-state index is 0.769. The highest BCUT2D eigenvalue weighted by Gasteiger charge is 2.22. The van der Waals surface area contributed by atoms with Crippen LogP contribution < -0.4 is 5.32 Å². The number of aryl methyl sites for hydroxylation is 1. The molecule has 0 unspecified atom stereocenters. The molecule has 0 amide bonds. The molecular weight excluding hydrogens is 310 g/mol. The van der Waals surface area contributed by atoms with Gasteiger partial charge in [-0.05, 0) is 32.9 Å². The van der Waals surface area contributed by atoms with E-state index in [1.807, 2.05) is 25.2 Å². The molecule has 1 N–H and O–H groups in total. The Morgan fingerprint density at radius 2 is 2.12 bits per heavy atom. The summed E-state index contributed by atoms with van der Waals surface area (Å²) in [6.45, 7) is 15.9. The molecule has 5 heteroatoms. The van der Waals surface area contributed by atoms with Crippen LogP contribution in [0.15, 0.2) is 48.3 Å². The molecule has 1 aromatic heterocycles. The molecule has 2 aliphatic rings. The van der Waals surface area contributed by atoms with E-state index in [-0.39, 0.29) is 0 Å². The second-order valence-electron chi connectivity index (χ2n) is 6.39. The quantitative estimate of drug-likeness (QED) is 0.859. The minimum Gasteiger partial charge on any atom is -0.355 e. The van der Waals surface area contributed by atoms with Crippen LogP contribution in [0.3, 0.4) is 0 Å². The topological polar surface area (TPSA) is 45.5 Å². The zero-order valence-corrected chi connectivity index (χ0v) is 15.3. The number of hydrogen-bond acceptors (Lipinski definition) is 4. The van der Waals surface area contributed by atoms with Crippen molar-refractivity contribution in [2.75, 3.05) is 26.2 Å². The molecule has 25 heavy (non-hydrogen) atoms. The predicted octanol–water partition coefficient (Wildman–Crippen LogP) is 3.04. The van der Waals surface area contributed by atoms with Crippen LogP contribution >= 0.6 is 0 Å². The van der Waals surface area contributed by atoms with Crippen molar-refractivity contribution in [3.05, 3.63) is 60.5 Å². The van der Waals surface area contributed by atoms with Gasteiger partial charge in [0.2, 0.25) is 0 Å². The number of nitrogens with zero attached hydrogens (tertiary/aromatic N) is 4. The summed E-state index contributed by atoms with van der Waals surface area (Å²) in [5, 5.41) is 3.44. The third kappa shape index (κ3) is 3.51. The second kappa shape index (κ2) is 7.66. The molecule has 1 saturated heterocycles. The summed E-state index contributed by atoms with van der Waals surface area (Å²) in [7, 11) is 0. The van der Waals surface area contributed by atoms with Gasteiger partial charge in [-0.1, -0.05) is 31.4 Å². The molecule has 1 fully saturated rings. The van der Waals surface area contributed by atoms with E-state index in [1.165, 1.54) is 0 Å². The van der Waals surface area contributed by atoms with Crippen molar-refractivity contribution in [3.63, 3.8) is 0 Å². The van der Waals surface area contributed by atoms with Crippen LogP contribution in [0, 0.1) is 13.8 Å². The summed E-state index contributed by atoms with van der Waals surface area (Å²) >= 11 is 0. The summed E-state index contributed by atoms with van der Waals surface area (Å²) in [6.07, 6.45) is 9.74. The fourth-order valence-electron chi connectivity index (χ4n) is 3.30. The second-order valence-corrected chi connectivity index (χ2v) is 6.39. The molecule has 1 aromatic rings. The van der Waals surface area contributed by atoms with Crippen molar-refractivity contribution in [1.29, 1.82) is 0 Å². The Balaban J connectivity index is 2.02. The van der Waals surface area contributed by atoms with Crippen molar-refractivity contribution in [2.45, 2.75) is 26.7 Å². The Morgan fingerprint density at radius 1 is 1.28 bits per heavy atom. The average Bonchev–Trinajstić information content (AvgIpc) is 2.81. The number of allylic oxidation sites excluding steroid dienone is 5. The lowest BCUT2D eigenvalue weighted by atomic mass is 10.1. The number of rotatable bonds is 4. The normalized spacial score (nSPS) is 20.1. The predicted molar refractivity (Wildman–Crippen MR) is 105 cm³/mol. The molecular formula is C20H27N5. The van der Waals surface area contributed by atoms with Gasteiger partial charge in [-0.15, -0.1) is 0 Å². The number of imidazole rings is 1. The molecule has 0 atom stereocenters. The van der Waals surface area contributed by atoms with E-state index in [2.05, 4.69) is 40.9 Å². The summed E-state index contributed by atoms with van der Waals surface area (Å²) < 4.78 is 2.17. The summed E-state index contributed by atoms with van der Waals surface area (Å²) in [4.78, 5) is 12.1. The summed E-state index contributed by atoms with van der Waals surface area (Å²) in [5.74, 6) is 2.91. The molecule has 0 bridgehead atoms. The van der Waals surface area contributed by atoms with Crippen LogP contribution in [-0.2, 0) is 0 Å². The molecule has 0 saturated carbocycles. The summed E-state index contributed by atoms with van der Waals surface area (Å²) in [5.41, 5.74) is 3.24. The Morgan fingerprint density at radius 3 is 2.88 bits per heavy atom. The van der Waals surface area contributed by atoms with E-state index in [0.717, 1.165) is 73.5 Å². The average molecular weight is 337 g/mol. The zero-order valence-electron chi connectivity index (χ0n) is 15.3. The zero-order chi connectivity index (χ0) is 17.8. The van der Waals surface area contributed by atoms with Gasteiger partial charge in [-0.25, -0.2) is 9.98 Å². The van der Waals surface area contributed by atoms with Crippen LogP contribution in [0.2, 0.25) is 0 Å². The number of fused-ring (bicyclic) bond motifs is 1. The van der Waals surface area contributed by atoms with Gasteiger partial charge in [0.1, 0.15) is 17.5 Å². The highest BCUT2D eigenvalue weighted by atomic mass is 15.3. The number of hydrogen-bond donors (Lipinski definition) is 1. The first-order valence-electron chi connectivity index (χ1n) is 8.91. The van der Waals surface area contributed by atoms with Gasteiger partial charge in [-0.3, -0.25) is 4.57 Å². The largest absolute Gasteiger partial charge is 0.355 e. The first-order valence-corrected chi connectivity index (χ1v) is 8.91. The smallest absolute Gasteiger partial charge is 0.145 e. The lowest BCUT2D eigenvalue weighted by molar-refractivity contribution is 0.364. The van der Waals surface area contributed by atoms with Gasteiger partial charge in [0.15, 0.2) is 0 Å². The molecule has 0 aromatic carbocycles. The summed E-state index contributed by atoms with van der Waals surface area (Å²) in [6, 6.07) is 0. The monoisotopic (exact) mass is 337 g/mol. The molecule has 5 nitrogen and oxygen atoms in total. The van der Waals surface area contributed by atoms with Crippen molar-refractivity contribution >= 4 is 11.4 Å². The van der Waals surface area contributed by atoms with Gasteiger partial charge in [0, 0.05) is 37.3 Å². The van der Waals surface area contributed by atoms with E-state index in [9.17, 15) is 0 Å². The Labute approximate surface area is 150 Å². The maximum Gasteiger partial charge on any atom is 0.145 e. The van der Waals surface area contributed by atoms with E-state index in [1.54, 1.807) is 0 Å². The van der Waals surface area contributed by atoms with E-state index >= 15 is 0 Å². The van der Waals surface area contributed by atoms with E-state index in [4.69, 9.17) is 9.98 Å². The van der Waals surface area contributed by atoms with Gasteiger partial charge < -0.3 is 10.2 Å². The molecule has 0 radical (unpaired) electrons. The van der Waals surface area contributed by atoms with Crippen molar-refractivity contribution in [2.24, 2.45) is 4.99 Å². The standard InChI is InChI=1S/C20H27N5/c1-5-8-18(24-13-7-11-21-12-14-24)23-19-10-9-17(6-2)20-22-15(3)16(4)25(19)20/h5-6,8-9,21H,1-2,7,10-14H2,3-4H3/b18-8+,23-19+. The van der Waals surface area contributed by atoms with Gasteiger partial charge in [0.05, 0.1) is 5.69 Å². The van der Waals surface area contributed by atoms with E-state index < -0.39 is 0 Å². The Bertz CT molecular complexity index is 755. The van der Waals surface area contributed by atoms with Crippen LogP contribution in [0.4, 0.5) is 0 Å². The number of nitrogens with one attached hydrogen (secondary N) is 1. The Kier molecular flexibility index (Phi) is 5.34. The fourth-order valence-corrected chi connectivity index (χ4v) is 3.30. The number of aromatic nitrogens is 2. The van der Waals surface area contributed by atoms with Crippen molar-refractivity contribution in [3.8, 4) is 0 Å². The third-order valence-electron chi connectivity index (χ3n) is 4.76. The lowest BCUT2D eigenvalue weighted by Gasteiger charge is -2.24. The molecule has 3 heterocycles. The van der Waals surface area contributed by atoms with Crippen molar-refractivity contribution < 1.29 is 0 Å². The molecule has 0 spiro atoms. The fraction of sp³-hybridized carbons (Fsp3) is 0.400. The Hall–Kier alpha value is -2.40.